The molecular formula is C14H26N2O3. The van der Waals surface area contributed by atoms with E-state index in [4.69, 9.17) is 15.2 Å². The number of rotatable bonds is 4. The van der Waals surface area contributed by atoms with Gasteiger partial charge in [-0.2, -0.15) is 0 Å². The zero-order valence-corrected chi connectivity index (χ0v) is 12.1. The normalized spacial score (nSPS) is 36.4. The monoisotopic (exact) mass is 270 g/mol. The molecule has 2 fully saturated rings. The fourth-order valence-electron chi connectivity index (χ4n) is 3.29. The van der Waals surface area contributed by atoms with Gasteiger partial charge in [0.1, 0.15) is 5.54 Å². The number of nitrogens with zero attached hydrogens (tertiary/aromatic N) is 1. The molecule has 0 radical (unpaired) electrons. The van der Waals surface area contributed by atoms with Gasteiger partial charge in [0, 0.05) is 18.6 Å². The van der Waals surface area contributed by atoms with Crippen LogP contribution in [0.2, 0.25) is 0 Å². The molecule has 19 heavy (non-hydrogen) atoms. The van der Waals surface area contributed by atoms with Crippen molar-refractivity contribution in [2.24, 2.45) is 5.73 Å². The van der Waals surface area contributed by atoms with Crippen molar-refractivity contribution in [3.8, 4) is 0 Å². The largest absolute Gasteiger partial charge is 0.465 e. The highest BCUT2D eigenvalue weighted by atomic mass is 16.5. The van der Waals surface area contributed by atoms with Gasteiger partial charge < -0.3 is 15.2 Å². The van der Waals surface area contributed by atoms with E-state index in [9.17, 15) is 4.79 Å². The standard InChI is InChI=1S/C14H26N2O3/c1-3-11-10-18-8-7-16(11)12-5-6-14(15,9-12)13(17)19-4-2/h11-12H,3-10,15H2,1-2H3. The summed E-state index contributed by atoms with van der Waals surface area (Å²) in [7, 11) is 0. The number of ether oxygens (including phenoxy) is 2. The molecule has 2 aliphatic rings. The molecule has 1 saturated carbocycles. The van der Waals surface area contributed by atoms with Crippen LogP contribution in [-0.4, -0.2) is 54.9 Å². The first kappa shape index (κ1) is 14.8. The van der Waals surface area contributed by atoms with E-state index in [1.54, 1.807) is 0 Å². The quantitative estimate of drug-likeness (QED) is 0.769. The summed E-state index contributed by atoms with van der Waals surface area (Å²) in [5.74, 6) is -0.237. The highest BCUT2D eigenvalue weighted by molar-refractivity contribution is 5.81. The van der Waals surface area contributed by atoms with Gasteiger partial charge in [-0.3, -0.25) is 9.69 Å². The van der Waals surface area contributed by atoms with Crippen LogP contribution >= 0.6 is 0 Å². The van der Waals surface area contributed by atoms with Gasteiger partial charge in [0.25, 0.3) is 0 Å². The molecule has 3 unspecified atom stereocenters. The number of morpholine rings is 1. The molecule has 0 spiro atoms. The van der Waals surface area contributed by atoms with Gasteiger partial charge in [-0.25, -0.2) is 0 Å². The van der Waals surface area contributed by atoms with E-state index in [0.29, 0.717) is 25.1 Å². The summed E-state index contributed by atoms with van der Waals surface area (Å²) < 4.78 is 10.6. The molecule has 1 saturated heterocycles. The smallest absolute Gasteiger partial charge is 0.326 e. The Labute approximate surface area is 115 Å². The van der Waals surface area contributed by atoms with Crippen molar-refractivity contribution in [1.82, 2.24) is 4.90 Å². The van der Waals surface area contributed by atoms with Crippen molar-refractivity contribution in [3.05, 3.63) is 0 Å². The number of hydrogen-bond acceptors (Lipinski definition) is 5. The number of nitrogens with two attached hydrogens (primary N) is 1. The molecule has 5 heteroatoms. The highest BCUT2D eigenvalue weighted by Crippen LogP contribution is 2.34. The van der Waals surface area contributed by atoms with Crippen LogP contribution in [0.15, 0.2) is 0 Å². The molecule has 0 aromatic carbocycles. The van der Waals surface area contributed by atoms with Crippen LogP contribution in [0.5, 0.6) is 0 Å². The lowest BCUT2D eigenvalue weighted by Gasteiger charge is -2.39. The first-order chi connectivity index (χ1) is 9.10. The third kappa shape index (κ3) is 3.09. The molecule has 0 aromatic heterocycles. The number of carbonyl (C=O) groups excluding carboxylic acids is 1. The van der Waals surface area contributed by atoms with E-state index in [-0.39, 0.29) is 5.97 Å². The van der Waals surface area contributed by atoms with Gasteiger partial charge in [0.15, 0.2) is 0 Å². The molecule has 0 aromatic rings. The predicted molar refractivity (Wildman–Crippen MR) is 72.8 cm³/mol. The fraction of sp³-hybridized carbons (Fsp3) is 0.929. The Morgan fingerprint density at radius 2 is 2.32 bits per heavy atom. The zero-order valence-electron chi connectivity index (χ0n) is 12.1. The Bertz CT molecular complexity index is 324. The van der Waals surface area contributed by atoms with Gasteiger partial charge in [0.2, 0.25) is 0 Å². The van der Waals surface area contributed by atoms with Crippen LogP contribution in [0.25, 0.3) is 0 Å². The maximum absolute atomic E-state index is 12.0. The lowest BCUT2D eigenvalue weighted by atomic mass is 9.98. The second-order valence-corrected chi connectivity index (χ2v) is 5.65. The van der Waals surface area contributed by atoms with Crippen LogP contribution in [0.4, 0.5) is 0 Å². The molecule has 1 heterocycles. The number of carbonyl (C=O) groups is 1. The molecule has 110 valence electrons. The highest BCUT2D eigenvalue weighted by Gasteiger charge is 2.46. The third-order valence-corrected chi connectivity index (χ3v) is 4.42. The summed E-state index contributed by atoms with van der Waals surface area (Å²) in [4.78, 5) is 14.4. The van der Waals surface area contributed by atoms with Crippen molar-refractivity contribution in [1.29, 1.82) is 0 Å². The van der Waals surface area contributed by atoms with Crippen molar-refractivity contribution in [3.63, 3.8) is 0 Å². The van der Waals surface area contributed by atoms with E-state index in [1.807, 2.05) is 6.92 Å². The Morgan fingerprint density at radius 3 is 3.00 bits per heavy atom. The minimum atomic E-state index is -0.780. The summed E-state index contributed by atoms with van der Waals surface area (Å²) in [6.45, 7) is 6.93. The Balaban J connectivity index is 1.98. The Kier molecular flexibility index (Phi) is 4.81. The summed E-state index contributed by atoms with van der Waals surface area (Å²) >= 11 is 0. The molecule has 1 aliphatic carbocycles. The van der Waals surface area contributed by atoms with E-state index < -0.39 is 5.54 Å². The summed E-state index contributed by atoms with van der Waals surface area (Å²) in [6, 6.07) is 0.853. The van der Waals surface area contributed by atoms with E-state index in [1.165, 1.54) is 0 Å². The summed E-state index contributed by atoms with van der Waals surface area (Å²) in [6.07, 6.45) is 3.49. The van der Waals surface area contributed by atoms with Gasteiger partial charge in [-0.1, -0.05) is 6.92 Å². The van der Waals surface area contributed by atoms with Crippen molar-refractivity contribution in [2.45, 2.75) is 57.2 Å². The number of hydrogen-bond donors (Lipinski definition) is 1. The van der Waals surface area contributed by atoms with Crippen LogP contribution < -0.4 is 5.73 Å². The van der Waals surface area contributed by atoms with Gasteiger partial charge in [0.05, 0.1) is 19.8 Å². The molecule has 5 nitrogen and oxygen atoms in total. The second-order valence-electron chi connectivity index (χ2n) is 5.65. The molecule has 3 atom stereocenters. The van der Waals surface area contributed by atoms with Crippen molar-refractivity contribution >= 4 is 5.97 Å². The minimum absolute atomic E-state index is 0.237. The van der Waals surface area contributed by atoms with Gasteiger partial charge in [-0.05, 0) is 32.6 Å². The average molecular weight is 270 g/mol. The first-order valence-corrected chi connectivity index (χ1v) is 7.40. The predicted octanol–water partition coefficient (Wildman–Crippen LogP) is 0.910. The lowest BCUT2D eigenvalue weighted by Crippen LogP contribution is -2.52. The van der Waals surface area contributed by atoms with E-state index >= 15 is 0 Å². The van der Waals surface area contributed by atoms with Crippen LogP contribution in [0.1, 0.15) is 39.5 Å². The minimum Gasteiger partial charge on any atom is -0.465 e. The Morgan fingerprint density at radius 1 is 1.53 bits per heavy atom. The molecule has 1 aliphatic heterocycles. The lowest BCUT2D eigenvalue weighted by molar-refractivity contribution is -0.149. The van der Waals surface area contributed by atoms with Crippen LogP contribution in [0, 0.1) is 0 Å². The second kappa shape index (κ2) is 6.20. The SMILES string of the molecule is CCOC(=O)C1(N)CCC(N2CCOCC2CC)C1. The molecule has 2 N–H and O–H groups in total. The summed E-state index contributed by atoms with van der Waals surface area (Å²) in [5, 5.41) is 0. The van der Waals surface area contributed by atoms with Gasteiger partial charge in [-0.15, -0.1) is 0 Å². The third-order valence-electron chi connectivity index (χ3n) is 4.42. The van der Waals surface area contributed by atoms with Crippen LogP contribution in [-0.2, 0) is 14.3 Å². The maximum atomic E-state index is 12.0. The van der Waals surface area contributed by atoms with Gasteiger partial charge >= 0.3 is 5.97 Å². The van der Waals surface area contributed by atoms with Crippen LogP contribution in [0.3, 0.4) is 0 Å². The fourth-order valence-corrected chi connectivity index (χ4v) is 3.29. The number of esters is 1. The molecule has 0 amide bonds. The van der Waals surface area contributed by atoms with Crippen molar-refractivity contribution in [2.75, 3.05) is 26.4 Å². The molecule has 2 rings (SSSR count). The van der Waals surface area contributed by atoms with Crippen molar-refractivity contribution < 1.29 is 14.3 Å². The molecular weight excluding hydrogens is 244 g/mol. The topological polar surface area (TPSA) is 64.8 Å². The Hall–Kier alpha value is -0.650. The van der Waals surface area contributed by atoms with E-state index in [0.717, 1.165) is 39.0 Å². The average Bonchev–Trinajstić information content (AvgIpc) is 2.83. The molecule has 0 bridgehead atoms. The zero-order chi connectivity index (χ0) is 13.9. The maximum Gasteiger partial charge on any atom is 0.326 e. The first-order valence-electron chi connectivity index (χ1n) is 7.40. The van der Waals surface area contributed by atoms with E-state index in [2.05, 4.69) is 11.8 Å². The summed E-state index contributed by atoms with van der Waals surface area (Å²) in [5.41, 5.74) is 5.46.